The largest absolute Gasteiger partial charge is 0.501 e. The van der Waals surface area contributed by atoms with Gasteiger partial charge in [0, 0.05) is 6.92 Å². The van der Waals surface area contributed by atoms with Gasteiger partial charge in [0.25, 0.3) is 0 Å². The van der Waals surface area contributed by atoms with Crippen molar-refractivity contribution in [3.63, 3.8) is 0 Å². The Morgan fingerprint density at radius 2 is 2.15 bits per heavy atom. The molecule has 0 fully saturated rings. The van der Waals surface area contributed by atoms with Gasteiger partial charge in [0.1, 0.15) is 0 Å². The van der Waals surface area contributed by atoms with Gasteiger partial charge >= 0.3 is 5.97 Å². The quantitative estimate of drug-likeness (QED) is 0.137. The van der Waals surface area contributed by atoms with Gasteiger partial charge in [-0.25, -0.2) is 4.79 Å². The zero-order valence-electron chi connectivity index (χ0n) is 7.90. The first-order chi connectivity index (χ1) is 6.11. The molecule has 0 saturated carbocycles. The molecule has 0 aromatic rings. The Labute approximate surface area is 76.6 Å². The highest BCUT2D eigenvalue weighted by Crippen LogP contribution is 1.97. The number of oxime groups is 1. The van der Waals surface area contributed by atoms with Gasteiger partial charge in [-0.1, -0.05) is 5.16 Å². The molecule has 0 unspecified atom stereocenters. The summed E-state index contributed by atoms with van der Waals surface area (Å²) in [5.41, 5.74) is 0.310. The van der Waals surface area contributed by atoms with Crippen LogP contribution < -0.4 is 0 Å². The maximum atomic E-state index is 11.1. The van der Waals surface area contributed by atoms with Gasteiger partial charge in [0.15, 0.2) is 0 Å². The number of esters is 1. The van der Waals surface area contributed by atoms with Crippen molar-refractivity contribution in [3.05, 3.63) is 11.8 Å². The minimum atomic E-state index is -0.594. The van der Waals surface area contributed by atoms with Gasteiger partial charge < -0.3 is 14.7 Å². The van der Waals surface area contributed by atoms with E-state index in [-0.39, 0.29) is 5.90 Å². The fraction of sp³-hybridized carbons (Fsp3) is 0.500. The molecule has 1 N–H and O–H groups in total. The standard InChI is InChI=1S/C8H13NO4/c1-4-12-5-6(2)8(10)13-7(3)9-11/h5,11H,4H2,1-3H3. The van der Waals surface area contributed by atoms with Crippen molar-refractivity contribution in [2.45, 2.75) is 20.8 Å². The Morgan fingerprint density at radius 1 is 1.54 bits per heavy atom. The number of hydrogen-bond acceptors (Lipinski definition) is 5. The van der Waals surface area contributed by atoms with Crippen molar-refractivity contribution in [2.24, 2.45) is 5.16 Å². The van der Waals surface area contributed by atoms with E-state index in [9.17, 15) is 4.79 Å². The Morgan fingerprint density at radius 3 is 2.62 bits per heavy atom. The van der Waals surface area contributed by atoms with Crippen LogP contribution in [-0.4, -0.2) is 23.7 Å². The molecular weight excluding hydrogens is 174 g/mol. The minimum absolute atomic E-state index is 0.103. The summed E-state index contributed by atoms with van der Waals surface area (Å²) in [5.74, 6) is -0.696. The van der Waals surface area contributed by atoms with Crippen LogP contribution in [0.5, 0.6) is 0 Å². The SMILES string of the molecule is CCOC=C(C)C(=O)OC(C)=NO. The Hall–Kier alpha value is -1.52. The molecule has 0 atom stereocenters. The molecule has 13 heavy (non-hydrogen) atoms. The Kier molecular flexibility index (Phi) is 5.34. The summed E-state index contributed by atoms with van der Waals surface area (Å²) in [4.78, 5) is 11.1. The molecule has 74 valence electrons. The van der Waals surface area contributed by atoms with Gasteiger partial charge in [0.05, 0.1) is 18.4 Å². The van der Waals surface area contributed by atoms with Crippen LogP contribution >= 0.6 is 0 Å². The fourth-order valence-corrected chi connectivity index (χ4v) is 0.492. The van der Waals surface area contributed by atoms with E-state index < -0.39 is 5.97 Å². The molecular formula is C8H13NO4. The molecule has 0 saturated heterocycles. The zero-order valence-corrected chi connectivity index (χ0v) is 7.90. The van der Waals surface area contributed by atoms with Gasteiger partial charge in [0.2, 0.25) is 5.90 Å². The lowest BCUT2D eigenvalue weighted by Gasteiger charge is -2.01. The second kappa shape index (κ2) is 6.05. The van der Waals surface area contributed by atoms with Crippen molar-refractivity contribution in [2.75, 3.05) is 6.61 Å². The van der Waals surface area contributed by atoms with Crippen LogP contribution in [0.1, 0.15) is 20.8 Å². The molecule has 0 aromatic heterocycles. The second-order valence-electron chi connectivity index (χ2n) is 2.26. The molecule has 0 heterocycles. The second-order valence-corrected chi connectivity index (χ2v) is 2.26. The highest BCUT2D eigenvalue weighted by Gasteiger charge is 2.07. The lowest BCUT2D eigenvalue weighted by atomic mass is 10.3. The Balaban J connectivity index is 4.11. The molecule has 0 radical (unpaired) electrons. The van der Waals surface area contributed by atoms with E-state index in [0.29, 0.717) is 12.2 Å². The van der Waals surface area contributed by atoms with Crippen molar-refractivity contribution < 1.29 is 19.5 Å². The van der Waals surface area contributed by atoms with E-state index in [2.05, 4.69) is 9.89 Å². The first-order valence-electron chi connectivity index (χ1n) is 3.81. The summed E-state index contributed by atoms with van der Waals surface area (Å²) in [6.45, 7) is 5.20. The van der Waals surface area contributed by atoms with Crippen LogP contribution in [0.4, 0.5) is 0 Å². The van der Waals surface area contributed by atoms with Gasteiger partial charge in [-0.05, 0) is 13.8 Å². The third-order valence-electron chi connectivity index (χ3n) is 1.13. The number of nitrogens with zero attached hydrogens (tertiary/aromatic N) is 1. The smallest absolute Gasteiger partial charge is 0.343 e. The van der Waals surface area contributed by atoms with E-state index in [4.69, 9.17) is 9.94 Å². The number of carbonyl (C=O) groups is 1. The molecule has 0 aromatic carbocycles. The predicted molar refractivity (Wildman–Crippen MR) is 46.4 cm³/mol. The third kappa shape index (κ3) is 4.84. The fourth-order valence-electron chi connectivity index (χ4n) is 0.492. The van der Waals surface area contributed by atoms with E-state index in [0.717, 1.165) is 0 Å². The molecule has 0 aliphatic carbocycles. The number of hydrogen-bond donors (Lipinski definition) is 1. The first kappa shape index (κ1) is 11.5. The van der Waals surface area contributed by atoms with Crippen molar-refractivity contribution >= 4 is 11.9 Å². The summed E-state index contributed by atoms with van der Waals surface area (Å²) in [6, 6.07) is 0. The topological polar surface area (TPSA) is 68.1 Å². The molecule has 0 aliphatic rings. The van der Waals surface area contributed by atoms with Crippen molar-refractivity contribution in [1.29, 1.82) is 0 Å². The summed E-state index contributed by atoms with van der Waals surface area (Å²) < 4.78 is 9.44. The van der Waals surface area contributed by atoms with Crippen LogP contribution in [0.25, 0.3) is 0 Å². The van der Waals surface area contributed by atoms with Crippen LogP contribution in [0.15, 0.2) is 17.0 Å². The lowest BCUT2D eigenvalue weighted by molar-refractivity contribution is -0.131. The maximum Gasteiger partial charge on any atom is 0.343 e. The highest BCUT2D eigenvalue weighted by atomic mass is 16.6. The monoisotopic (exact) mass is 187 g/mol. The van der Waals surface area contributed by atoms with Crippen molar-refractivity contribution in [3.8, 4) is 0 Å². The number of rotatable bonds is 3. The van der Waals surface area contributed by atoms with E-state index >= 15 is 0 Å². The number of carbonyl (C=O) groups excluding carboxylic acids is 1. The highest BCUT2D eigenvalue weighted by molar-refractivity contribution is 5.96. The summed E-state index contributed by atoms with van der Waals surface area (Å²) in [7, 11) is 0. The normalized spacial score (nSPS) is 12.5. The van der Waals surface area contributed by atoms with Gasteiger partial charge in [-0.2, -0.15) is 0 Å². The molecule has 5 nitrogen and oxygen atoms in total. The first-order valence-corrected chi connectivity index (χ1v) is 3.81. The molecule has 0 amide bonds. The van der Waals surface area contributed by atoms with Gasteiger partial charge in [-0.3, -0.25) is 0 Å². The van der Waals surface area contributed by atoms with Gasteiger partial charge in [-0.15, -0.1) is 0 Å². The average Bonchev–Trinajstić information content (AvgIpc) is 2.13. The van der Waals surface area contributed by atoms with E-state index in [1.54, 1.807) is 13.8 Å². The Bertz CT molecular complexity index is 232. The average molecular weight is 187 g/mol. The predicted octanol–water partition coefficient (Wildman–Crippen LogP) is 1.28. The molecule has 5 heteroatoms. The lowest BCUT2D eigenvalue weighted by Crippen LogP contribution is -2.10. The van der Waals surface area contributed by atoms with E-state index in [1.807, 2.05) is 0 Å². The van der Waals surface area contributed by atoms with Crippen LogP contribution in [-0.2, 0) is 14.3 Å². The van der Waals surface area contributed by atoms with Crippen molar-refractivity contribution in [1.82, 2.24) is 0 Å². The summed E-state index contributed by atoms with van der Waals surface area (Å²) in [5, 5.41) is 10.9. The molecule has 0 bridgehead atoms. The third-order valence-corrected chi connectivity index (χ3v) is 1.13. The van der Waals surface area contributed by atoms with E-state index in [1.165, 1.54) is 13.2 Å². The van der Waals surface area contributed by atoms with Crippen LogP contribution in [0.3, 0.4) is 0 Å². The summed E-state index contributed by atoms with van der Waals surface area (Å²) >= 11 is 0. The molecule has 0 rings (SSSR count). The van der Waals surface area contributed by atoms with Crippen LogP contribution in [0.2, 0.25) is 0 Å². The molecule has 0 spiro atoms. The molecule has 0 aliphatic heterocycles. The number of ether oxygens (including phenoxy) is 2. The van der Waals surface area contributed by atoms with Crippen LogP contribution in [0, 0.1) is 0 Å². The zero-order chi connectivity index (χ0) is 10.3. The maximum absolute atomic E-state index is 11.1. The minimum Gasteiger partial charge on any atom is -0.501 e. The summed E-state index contributed by atoms with van der Waals surface area (Å²) in [6.07, 6.45) is 1.30.